The molecule has 0 spiro atoms. The third-order valence-electron chi connectivity index (χ3n) is 3.49. The summed E-state index contributed by atoms with van der Waals surface area (Å²) >= 11 is 9.20. The number of thiazole rings is 1. The Balaban J connectivity index is 1.53. The van der Waals surface area contributed by atoms with E-state index in [-0.39, 0.29) is 11.7 Å². The lowest BCUT2D eigenvalue weighted by molar-refractivity contribution is -0.118. The molecule has 0 fully saturated rings. The Morgan fingerprint density at radius 2 is 2.15 bits per heavy atom. The van der Waals surface area contributed by atoms with E-state index in [0.29, 0.717) is 5.02 Å². The number of hydrogen-bond acceptors (Lipinski definition) is 6. The zero-order chi connectivity index (χ0) is 18.5. The number of thioether (sulfide) groups is 1. The second-order valence-electron chi connectivity index (χ2n) is 5.63. The van der Waals surface area contributed by atoms with Crippen molar-refractivity contribution < 1.29 is 4.79 Å². The van der Waals surface area contributed by atoms with Gasteiger partial charge in [0.2, 0.25) is 0 Å². The van der Waals surface area contributed by atoms with Crippen molar-refractivity contribution in [1.29, 1.82) is 0 Å². The lowest BCUT2D eigenvalue weighted by atomic mass is 10.2. The van der Waals surface area contributed by atoms with E-state index in [1.807, 2.05) is 61.5 Å². The molecule has 1 N–H and O–H groups in total. The van der Waals surface area contributed by atoms with Crippen LogP contribution in [-0.2, 0) is 4.79 Å². The highest BCUT2D eigenvalue weighted by Crippen LogP contribution is 2.29. The van der Waals surface area contributed by atoms with Gasteiger partial charge in [0.05, 0.1) is 27.2 Å². The number of carbonyl (C=O) groups is 1. The SMILES string of the molecule is CN(C)c1ccc(/C=N\NC(=O)CSc2nc3ccccc3s2)c(Cl)c1. The lowest BCUT2D eigenvalue weighted by Gasteiger charge is -2.12. The maximum atomic E-state index is 11.9. The molecule has 0 aliphatic carbocycles. The van der Waals surface area contributed by atoms with Crippen molar-refractivity contribution >= 4 is 62.7 Å². The fourth-order valence-electron chi connectivity index (χ4n) is 2.15. The van der Waals surface area contributed by atoms with Crippen molar-refractivity contribution in [2.45, 2.75) is 4.34 Å². The molecule has 0 aliphatic rings. The first kappa shape index (κ1) is 18.7. The topological polar surface area (TPSA) is 57.6 Å². The molecule has 0 radical (unpaired) electrons. The molecule has 0 saturated carbocycles. The molecular formula is C18H17ClN4OS2. The predicted molar refractivity (Wildman–Crippen MR) is 112 cm³/mol. The number of halogens is 1. The molecule has 0 unspecified atom stereocenters. The van der Waals surface area contributed by atoms with E-state index in [2.05, 4.69) is 15.5 Å². The first-order valence-corrected chi connectivity index (χ1v) is 9.98. The van der Waals surface area contributed by atoms with Crippen molar-refractivity contribution in [1.82, 2.24) is 10.4 Å². The number of nitrogens with one attached hydrogen (secondary N) is 1. The quantitative estimate of drug-likeness (QED) is 0.379. The van der Waals surface area contributed by atoms with E-state index in [0.717, 1.165) is 25.8 Å². The number of carbonyl (C=O) groups excluding carboxylic acids is 1. The highest BCUT2D eigenvalue weighted by atomic mass is 35.5. The number of hydrazone groups is 1. The summed E-state index contributed by atoms with van der Waals surface area (Å²) in [4.78, 5) is 18.4. The molecule has 0 aliphatic heterocycles. The van der Waals surface area contributed by atoms with Crippen LogP contribution in [0.5, 0.6) is 0 Å². The zero-order valence-corrected chi connectivity index (χ0v) is 16.7. The molecule has 134 valence electrons. The molecule has 8 heteroatoms. The number of fused-ring (bicyclic) bond motifs is 1. The second-order valence-corrected chi connectivity index (χ2v) is 8.29. The minimum Gasteiger partial charge on any atom is -0.378 e. The highest BCUT2D eigenvalue weighted by molar-refractivity contribution is 8.01. The summed E-state index contributed by atoms with van der Waals surface area (Å²) in [6.07, 6.45) is 1.54. The van der Waals surface area contributed by atoms with Gasteiger partial charge in [0.15, 0.2) is 4.34 Å². The molecule has 1 amide bonds. The lowest BCUT2D eigenvalue weighted by Crippen LogP contribution is -2.19. The van der Waals surface area contributed by atoms with Gasteiger partial charge >= 0.3 is 0 Å². The van der Waals surface area contributed by atoms with Crippen LogP contribution in [0.15, 0.2) is 51.9 Å². The van der Waals surface area contributed by atoms with Crippen LogP contribution in [0.2, 0.25) is 5.02 Å². The van der Waals surface area contributed by atoms with E-state index < -0.39 is 0 Å². The number of aromatic nitrogens is 1. The minimum atomic E-state index is -0.188. The van der Waals surface area contributed by atoms with Crippen LogP contribution in [-0.4, -0.2) is 37.0 Å². The second kappa shape index (κ2) is 8.53. The van der Waals surface area contributed by atoms with Crippen LogP contribution in [0.3, 0.4) is 0 Å². The average molecular weight is 405 g/mol. The number of nitrogens with zero attached hydrogens (tertiary/aromatic N) is 3. The van der Waals surface area contributed by atoms with E-state index in [9.17, 15) is 4.79 Å². The van der Waals surface area contributed by atoms with Gasteiger partial charge in [-0.05, 0) is 30.3 Å². The van der Waals surface area contributed by atoms with E-state index in [4.69, 9.17) is 11.6 Å². The zero-order valence-electron chi connectivity index (χ0n) is 14.3. The van der Waals surface area contributed by atoms with Crippen molar-refractivity contribution in [3.8, 4) is 0 Å². The smallest absolute Gasteiger partial charge is 0.250 e. The molecule has 3 aromatic rings. The van der Waals surface area contributed by atoms with Crippen LogP contribution >= 0.6 is 34.7 Å². The number of benzene rings is 2. The fourth-order valence-corrected chi connectivity index (χ4v) is 4.23. The maximum Gasteiger partial charge on any atom is 0.250 e. The molecule has 1 heterocycles. The Morgan fingerprint density at radius 3 is 2.88 bits per heavy atom. The van der Waals surface area contributed by atoms with Crippen LogP contribution in [0, 0.1) is 0 Å². The molecule has 0 atom stereocenters. The van der Waals surface area contributed by atoms with E-state index in [1.54, 1.807) is 17.6 Å². The highest BCUT2D eigenvalue weighted by Gasteiger charge is 2.07. The average Bonchev–Trinajstić information content (AvgIpc) is 3.04. The monoisotopic (exact) mass is 404 g/mol. The molecule has 0 bridgehead atoms. The number of hydrogen-bond donors (Lipinski definition) is 1. The number of para-hydroxylation sites is 1. The summed E-state index contributed by atoms with van der Waals surface area (Å²) in [6, 6.07) is 13.6. The Hall–Kier alpha value is -2.09. The van der Waals surface area contributed by atoms with E-state index in [1.165, 1.54) is 11.8 Å². The van der Waals surface area contributed by atoms with Gasteiger partial charge in [0.25, 0.3) is 5.91 Å². The van der Waals surface area contributed by atoms with Crippen LogP contribution < -0.4 is 10.3 Å². The number of anilines is 1. The molecule has 1 aromatic heterocycles. The summed E-state index contributed by atoms with van der Waals surface area (Å²) in [5, 5.41) is 4.56. The van der Waals surface area contributed by atoms with Gasteiger partial charge in [-0.15, -0.1) is 11.3 Å². The normalized spacial score (nSPS) is 11.2. The third kappa shape index (κ3) is 4.75. The molecular weight excluding hydrogens is 388 g/mol. The van der Waals surface area contributed by atoms with Crippen molar-refractivity contribution in [2.24, 2.45) is 5.10 Å². The summed E-state index contributed by atoms with van der Waals surface area (Å²) in [7, 11) is 3.89. The first-order chi connectivity index (χ1) is 12.5. The van der Waals surface area contributed by atoms with E-state index >= 15 is 0 Å². The van der Waals surface area contributed by atoms with Crippen molar-refractivity contribution in [3.63, 3.8) is 0 Å². The first-order valence-electron chi connectivity index (χ1n) is 7.80. The Bertz CT molecular complexity index is 922. The third-order valence-corrected chi connectivity index (χ3v) is 6.00. The Labute approximate surface area is 165 Å². The summed E-state index contributed by atoms with van der Waals surface area (Å²) in [5.41, 5.74) is 5.22. The van der Waals surface area contributed by atoms with Crippen molar-refractivity contribution in [2.75, 3.05) is 24.7 Å². The molecule has 26 heavy (non-hydrogen) atoms. The molecule has 0 saturated heterocycles. The van der Waals surface area contributed by atoms with Crippen molar-refractivity contribution in [3.05, 3.63) is 53.1 Å². The largest absolute Gasteiger partial charge is 0.378 e. The van der Waals surface area contributed by atoms with Gasteiger partial charge in [-0.1, -0.05) is 35.5 Å². The summed E-state index contributed by atoms with van der Waals surface area (Å²) < 4.78 is 1.98. The minimum absolute atomic E-state index is 0.188. The van der Waals surface area contributed by atoms with Gasteiger partial charge in [-0.3, -0.25) is 4.79 Å². The van der Waals surface area contributed by atoms with Gasteiger partial charge in [-0.25, -0.2) is 10.4 Å². The number of rotatable bonds is 6. The maximum absolute atomic E-state index is 11.9. The van der Waals surface area contributed by atoms with Gasteiger partial charge in [0.1, 0.15) is 0 Å². The van der Waals surface area contributed by atoms with Gasteiger partial charge < -0.3 is 4.90 Å². The Kier molecular flexibility index (Phi) is 6.13. The predicted octanol–water partition coefficient (Wildman–Crippen LogP) is 4.26. The molecule has 5 nitrogen and oxygen atoms in total. The summed E-state index contributed by atoms with van der Waals surface area (Å²) in [6.45, 7) is 0. The standard InChI is InChI=1S/C18H17ClN4OS2/c1-23(2)13-8-7-12(14(19)9-13)10-20-22-17(24)11-25-18-21-15-5-3-4-6-16(15)26-18/h3-10H,11H2,1-2H3,(H,22,24)/b20-10-. The van der Waals surface area contributed by atoms with Crippen LogP contribution in [0.25, 0.3) is 10.2 Å². The number of amides is 1. The van der Waals surface area contributed by atoms with Crippen LogP contribution in [0.4, 0.5) is 5.69 Å². The fraction of sp³-hybridized carbons (Fsp3) is 0.167. The van der Waals surface area contributed by atoms with Crippen LogP contribution in [0.1, 0.15) is 5.56 Å². The summed E-state index contributed by atoms with van der Waals surface area (Å²) in [5.74, 6) is 0.0660. The van der Waals surface area contributed by atoms with Gasteiger partial charge in [0, 0.05) is 25.3 Å². The molecule has 3 rings (SSSR count). The van der Waals surface area contributed by atoms with Gasteiger partial charge in [-0.2, -0.15) is 5.10 Å². The Morgan fingerprint density at radius 1 is 1.35 bits per heavy atom. The molecule has 2 aromatic carbocycles.